The lowest BCUT2D eigenvalue weighted by Crippen LogP contribution is -2.18. The number of aliphatic hydroxyl groups is 1. The number of nitrogens with zero attached hydrogens (tertiary/aromatic N) is 4. The van der Waals surface area contributed by atoms with Crippen LogP contribution >= 0.6 is 0 Å². The summed E-state index contributed by atoms with van der Waals surface area (Å²) in [6.07, 6.45) is 6.99. The Morgan fingerprint density at radius 1 is 1.38 bits per heavy atom. The molecule has 8 heteroatoms. The number of nitrogens with two attached hydrogens (primary N) is 1. The van der Waals surface area contributed by atoms with Gasteiger partial charge in [0.1, 0.15) is 6.23 Å². The van der Waals surface area contributed by atoms with Crippen molar-refractivity contribution < 1.29 is 9.84 Å². The fraction of sp³-hybridized carbons (Fsp3) is 0.688. The first-order valence-electron chi connectivity index (χ1n) is 8.68. The van der Waals surface area contributed by atoms with Crippen LogP contribution in [-0.2, 0) is 4.74 Å². The van der Waals surface area contributed by atoms with Crippen LogP contribution in [-0.4, -0.2) is 43.4 Å². The minimum absolute atomic E-state index is 0.0269. The molecule has 1 unspecified atom stereocenters. The number of aromatic nitrogens is 4. The molecule has 0 spiro atoms. The maximum absolute atomic E-state index is 9.35. The first kappa shape index (κ1) is 15.6. The molecule has 8 nitrogen and oxygen atoms in total. The van der Waals surface area contributed by atoms with Gasteiger partial charge in [-0.05, 0) is 19.3 Å². The monoisotopic (exact) mass is 332 g/mol. The number of aliphatic hydroxyl groups excluding tert-OH is 1. The molecule has 1 aliphatic heterocycles. The highest BCUT2D eigenvalue weighted by Gasteiger charge is 2.34. The van der Waals surface area contributed by atoms with Crippen LogP contribution in [0, 0.1) is 5.92 Å². The van der Waals surface area contributed by atoms with Gasteiger partial charge in [0.05, 0.1) is 19.0 Å². The SMILES string of the molecule is C[C@H]1CC(CO)O[C@H]1n1cnc2c(NC3CCCC3)nc(N)nc21. The molecule has 0 bridgehead atoms. The van der Waals surface area contributed by atoms with Crippen LogP contribution in [0.5, 0.6) is 0 Å². The topological polar surface area (TPSA) is 111 Å². The molecule has 2 aromatic heterocycles. The van der Waals surface area contributed by atoms with E-state index in [1.54, 1.807) is 6.33 Å². The van der Waals surface area contributed by atoms with Crippen molar-refractivity contribution in [1.29, 1.82) is 0 Å². The maximum atomic E-state index is 9.35. The standard InChI is InChI=1S/C16H24N6O2/c1-9-6-11(7-23)24-15(9)22-8-18-12-13(19-10-4-2-3-5-10)20-16(17)21-14(12)22/h8-11,15,23H,2-7H2,1H3,(H3,17,19,20,21)/t9-,11?,15+/m0/s1. The van der Waals surface area contributed by atoms with Gasteiger partial charge in [-0.1, -0.05) is 19.8 Å². The third-order valence-electron chi connectivity index (χ3n) is 5.07. The molecule has 3 atom stereocenters. The highest BCUT2D eigenvalue weighted by Crippen LogP contribution is 2.36. The normalized spacial score (nSPS) is 28.0. The lowest BCUT2D eigenvalue weighted by Gasteiger charge is -2.18. The Bertz CT molecular complexity index is 727. The van der Waals surface area contributed by atoms with Gasteiger partial charge in [-0.25, -0.2) is 4.98 Å². The van der Waals surface area contributed by atoms with E-state index >= 15 is 0 Å². The van der Waals surface area contributed by atoms with Gasteiger partial charge in [-0.15, -0.1) is 0 Å². The van der Waals surface area contributed by atoms with E-state index in [-0.39, 0.29) is 30.8 Å². The summed E-state index contributed by atoms with van der Waals surface area (Å²) >= 11 is 0. The van der Waals surface area contributed by atoms with Crippen molar-refractivity contribution in [3.05, 3.63) is 6.33 Å². The molecule has 2 aromatic rings. The second-order valence-electron chi connectivity index (χ2n) is 6.92. The van der Waals surface area contributed by atoms with Crippen LogP contribution < -0.4 is 11.1 Å². The molecule has 1 saturated carbocycles. The van der Waals surface area contributed by atoms with E-state index in [2.05, 4.69) is 27.2 Å². The average molecular weight is 332 g/mol. The number of rotatable bonds is 4. The molecule has 4 N–H and O–H groups in total. The minimum atomic E-state index is -0.194. The van der Waals surface area contributed by atoms with Crippen molar-refractivity contribution in [2.24, 2.45) is 5.92 Å². The van der Waals surface area contributed by atoms with Crippen molar-refractivity contribution in [3.63, 3.8) is 0 Å². The van der Waals surface area contributed by atoms with Gasteiger partial charge in [0.15, 0.2) is 17.0 Å². The second kappa shape index (κ2) is 6.18. The summed E-state index contributed by atoms with van der Waals surface area (Å²) in [5, 5.41) is 12.8. The van der Waals surface area contributed by atoms with Gasteiger partial charge in [0.2, 0.25) is 5.95 Å². The van der Waals surface area contributed by atoms with Gasteiger partial charge in [-0.2, -0.15) is 9.97 Å². The van der Waals surface area contributed by atoms with Gasteiger partial charge in [0, 0.05) is 12.0 Å². The van der Waals surface area contributed by atoms with E-state index in [1.807, 2.05) is 4.57 Å². The van der Waals surface area contributed by atoms with E-state index in [9.17, 15) is 5.11 Å². The summed E-state index contributed by atoms with van der Waals surface area (Å²) in [6, 6.07) is 0.424. The molecular weight excluding hydrogens is 308 g/mol. The Hall–Kier alpha value is -1.93. The van der Waals surface area contributed by atoms with Crippen molar-refractivity contribution >= 4 is 22.9 Å². The van der Waals surface area contributed by atoms with Crippen molar-refractivity contribution in [3.8, 4) is 0 Å². The molecule has 1 aliphatic carbocycles. The molecular formula is C16H24N6O2. The number of nitrogen functional groups attached to an aromatic ring is 1. The zero-order valence-corrected chi connectivity index (χ0v) is 13.9. The van der Waals surface area contributed by atoms with E-state index in [1.165, 1.54) is 12.8 Å². The molecule has 0 radical (unpaired) electrons. The highest BCUT2D eigenvalue weighted by molar-refractivity contribution is 5.84. The van der Waals surface area contributed by atoms with Crippen LogP contribution in [0.15, 0.2) is 6.33 Å². The number of anilines is 2. The number of hydrogen-bond acceptors (Lipinski definition) is 7. The fourth-order valence-corrected chi connectivity index (χ4v) is 3.86. The smallest absolute Gasteiger partial charge is 0.224 e. The van der Waals surface area contributed by atoms with E-state index < -0.39 is 0 Å². The van der Waals surface area contributed by atoms with Gasteiger partial charge in [0.25, 0.3) is 0 Å². The van der Waals surface area contributed by atoms with Gasteiger partial charge < -0.3 is 20.9 Å². The first-order chi connectivity index (χ1) is 11.7. The van der Waals surface area contributed by atoms with Crippen LogP contribution in [0.3, 0.4) is 0 Å². The molecule has 2 fully saturated rings. The second-order valence-corrected chi connectivity index (χ2v) is 6.92. The number of hydrogen-bond donors (Lipinski definition) is 3. The Morgan fingerprint density at radius 2 is 2.17 bits per heavy atom. The minimum Gasteiger partial charge on any atom is -0.394 e. The third-order valence-corrected chi connectivity index (χ3v) is 5.07. The molecule has 130 valence electrons. The van der Waals surface area contributed by atoms with E-state index in [0.717, 1.165) is 24.8 Å². The van der Waals surface area contributed by atoms with Crippen molar-refractivity contribution in [1.82, 2.24) is 19.5 Å². The first-order valence-corrected chi connectivity index (χ1v) is 8.68. The van der Waals surface area contributed by atoms with Crippen LogP contribution in [0.4, 0.5) is 11.8 Å². The molecule has 3 heterocycles. The van der Waals surface area contributed by atoms with Gasteiger partial charge >= 0.3 is 0 Å². The lowest BCUT2D eigenvalue weighted by molar-refractivity contribution is -0.0294. The van der Waals surface area contributed by atoms with Crippen molar-refractivity contribution in [2.45, 2.75) is 57.4 Å². The molecule has 4 rings (SSSR count). The summed E-state index contributed by atoms with van der Waals surface area (Å²) in [6.45, 7) is 2.13. The van der Waals surface area contributed by atoms with Crippen LogP contribution in [0.1, 0.15) is 45.3 Å². The van der Waals surface area contributed by atoms with E-state index in [4.69, 9.17) is 10.5 Å². The lowest BCUT2D eigenvalue weighted by atomic mass is 10.1. The largest absolute Gasteiger partial charge is 0.394 e. The summed E-state index contributed by atoms with van der Waals surface area (Å²) in [7, 11) is 0. The number of nitrogens with one attached hydrogen (secondary N) is 1. The summed E-state index contributed by atoms with van der Waals surface area (Å²) in [5.41, 5.74) is 7.33. The zero-order valence-electron chi connectivity index (χ0n) is 13.9. The Kier molecular flexibility index (Phi) is 4.01. The number of ether oxygens (including phenoxy) is 1. The molecule has 24 heavy (non-hydrogen) atoms. The molecule has 0 amide bonds. The predicted octanol–water partition coefficient (Wildman–Crippen LogP) is 1.68. The van der Waals surface area contributed by atoms with Crippen LogP contribution in [0.2, 0.25) is 0 Å². The Balaban J connectivity index is 1.69. The molecule has 2 aliphatic rings. The average Bonchev–Trinajstić information content (AvgIpc) is 3.27. The molecule has 0 aromatic carbocycles. The Morgan fingerprint density at radius 3 is 2.88 bits per heavy atom. The summed E-state index contributed by atoms with van der Waals surface area (Å²) in [4.78, 5) is 13.2. The zero-order chi connectivity index (χ0) is 16.7. The van der Waals surface area contributed by atoms with Crippen LogP contribution in [0.25, 0.3) is 11.2 Å². The molecule has 1 saturated heterocycles. The number of imidazole rings is 1. The maximum Gasteiger partial charge on any atom is 0.224 e. The van der Waals surface area contributed by atoms with Gasteiger partial charge in [-0.3, -0.25) is 4.57 Å². The number of fused-ring (bicyclic) bond motifs is 1. The quantitative estimate of drug-likeness (QED) is 0.781. The third kappa shape index (κ3) is 2.69. The Labute approximate surface area is 140 Å². The van der Waals surface area contributed by atoms with Crippen molar-refractivity contribution in [2.75, 3.05) is 17.7 Å². The predicted molar refractivity (Wildman–Crippen MR) is 90.4 cm³/mol. The van der Waals surface area contributed by atoms with E-state index in [0.29, 0.717) is 17.5 Å². The fourth-order valence-electron chi connectivity index (χ4n) is 3.86. The summed E-state index contributed by atoms with van der Waals surface area (Å²) < 4.78 is 7.85. The highest BCUT2D eigenvalue weighted by atomic mass is 16.5. The summed E-state index contributed by atoms with van der Waals surface area (Å²) in [5.74, 6) is 1.20.